The fourth-order valence-corrected chi connectivity index (χ4v) is 10.3. The number of ether oxygens (including phenoxy) is 3. The number of methoxy groups -OCH3 is 1. The molecule has 2 atom stereocenters. The molecule has 27 heteroatoms. The number of carbonyl (C=O) groups excluding carboxylic acids is 2. The van der Waals surface area contributed by atoms with Gasteiger partial charge < -0.3 is 24.4 Å². The summed E-state index contributed by atoms with van der Waals surface area (Å²) in [5.41, 5.74) is -4.88. The van der Waals surface area contributed by atoms with Crippen molar-refractivity contribution in [3.63, 3.8) is 0 Å². The molecule has 1 N–H and O–H groups in total. The van der Waals surface area contributed by atoms with Gasteiger partial charge in [0.2, 0.25) is 0 Å². The van der Waals surface area contributed by atoms with E-state index in [0.717, 1.165) is 56.2 Å². The molecule has 8 aromatic rings. The molecule has 0 unspecified atom stereocenters. The normalized spacial score (nSPS) is 12.9. The van der Waals surface area contributed by atoms with Crippen molar-refractivity contribution in [1.82, 2.24) is 0 Å². The van der Waals surface area contributed by atoms with Gasteiger partial charge in [-0.3, -0.25) is 9.59 Å². The van der Waals surface area contributed by atoms with Gasteiger partial charge in [0.05, 0.1) is 17.7 Å². The van der Waals surface area contributed by atoms with Crippen LogP contribution in [0.15, 0.2) is 182 Å². The summed E-state index contributed by atoms with van der Waals surface area (Å²) in [6.07, 6.45) is -30.3. The van der Waals surface area contributed by atoms with Crippen LogP contribution in [0.3, 0.4) is 0 Å². The molecule has 94 heavy (non-hydrogen) atoms. The van der Waals surface area contributed by atoms with Gasteiger partial charge in [0.15, 0.2) is 11.6 Å². The summed E-state index contributed by atoms with van der Waals surface area (Å²) in [6.45, 7) is 0.182. The first-order valence-electron chi connectivity index (χ1n) is 27.1. The molecule has 0 spiro atoms. The summed E-state index contributed by atoms with van der Waals surface area (Å²) in [7, 11) is 3.20. The van der Waals surface area contributed by atoms with Crippen molar-refractivity contribution in [2.45, 2.75) is 85.9 Å². The van der Waals surface area contributed by atoms with Gasteiger partial charge in [0, 0.05) is 66.5 Å². The number of aliphatic hydroxyl groups excluding tert-OH is 1. The van der Waals surface area contributed by atoms with Gasteiger partial charge in [-0.2, -0.15) is 68.6 Å². The van der Waals surface area contributed by atoms with Gasteiger partial charge in [-0.25, -0.2) is 17.6 Å². The summed E-state index contributed by atoms with van der Waals surface area (Å²) in [5, 5.41) is 15.7. The minimum Gasteiger partial charge on any atom is -0.857 e. The van der Waals surface area contributed by atoms with Gasteiger partial charge in [-0.1, -0.05) is 125 Å². The molecule has 7 nitrogen and oxygen atoms in total. The Labute approximate surface area is 557 Å². The van der Waals surface area contributed by atoms with Crippen molar-refractivity contribution in [3.8, 4) is 11.5 Å². The number of Topliss-reactive ketones (excluding diaryl/α,β-unsaturated/α-hetero) is 2. The fourth-order valence-electron chi connectivity index (χ4n) is 9.95. The van der Waals surface area contributed by atoms with Crippen LogP contribution >= 0.6 is 15.9 Å². The van der Waals surface area contributed by atoms with Crippen molar-refractivity contribution in [2.24, 2.45) is 0 Å². The molecule has 0 bridgehead atoms. The standard InChI is InChI=1S/C33H25F9O3.C32H22BrF9O2.CH4O.CH3O.Na/c1-44-19-21-7-10-23(11-8-21)31(17-20-5-3-2-4-6-20,18-29(43)22-9-12-28(35)27(13-22)32(38,39)40)24-14-25(34)16-26(15-24)45-33(41,42)30(36)37;33-18-20-6-9-22(10-7-20)30(16-19-4-2-1-3-5-19,17-28(43)21-8-11-27(35)26(12-21)31(38,39)40)23-13-24(34)15-25(14-23)44-32(41,42)29(36)37;2*1-2;/h2-16,30H,17-19H2,1H3;1-15,29H,16-18H2;2H,1H3;1H3;/q;;;-1;+1/t31-;30-;;;/m11.../s1. The number of carbonyl (C=O) groups is 2. The zero-order chi connectivity index (χ0) is 69.3. The average Bonchev–Trinajstić information content (AvgIpc) is 0.763. The van der Waals surface area contributed by atoms with Crippen LogP contribution in [0.4, 0.5) is 79.0 Å². The van der Waals surface area contributed by atoms with E-state index in [0.29, 0.717) is 69.5 Å². The number of hydrogen-bond donors (Lipinski definition) is 1. The van der Waals surface area contributed by atoms with Gasteiger partial charge >= 0.3 is 67.0 Å². The molecule has 0 heterocycles. The third kappa shape index (κ3) is 20.7. The Balaban J connectivity index is 0.000000377. The van der Waals surface area contributed by atoms with Crippen LogP contribution in [0.25, 0.3) is 0 Å². The summed E-state index contributed by atoms with van der Waals surface area (Å²) < 4.78 is 260. The first kappa shape index (κ1) is 79.2. The van der Waals surface area contributed by atoms with Crippen LogP contribution in [0.2, 0.25) is 0 Å². The molecule has 0 aliphatic heterocycles. The summed E-state index contributed by atoms with van der Waals surface area (Å²) >= 11 is 3.31. The molecular weight excluding hydrogens is 1360 g/mol. The number of alkyl halides is 15. The molecule has 8 rings (SSSR count). The zero-order valence-corrected chi connectivity index (χ0v) is 53.4. The smallest absolute Gasteiger partial charge is 0.857 e. The number of ketones is 2. The predicted octanol–water partition coefficient (Wildman–Crippen LogP) is 14.7. The largest absolute Gasteiger partial charge is 1.00 e. The van der Waals surface area contributed by atoms with Crippen molar-refractivity contribution in [3.05, 3.63) is 272 Å². The van der Waals surface area contributed by atoms with E-state index < -0.39 is 130 Å². The van der Waals surface area contributed by atoms with E-state index in [1.165, 1.54) is 7.11 Å². The molecule has 0 amide bonds. The molecule has 8 aromatic carbocycles. The van der Waals surface area contributed by atoms with Crippen LogP contribution in [0, 0.1) is 23.3 Å². The van der Waals surface area contributed by atoms with Gasteiger partial charge in [-0.15, -0.1) is 0 Å². The monoisotopic (exact) mass is 1410 g/mol. The maximum atomic E-state index is 15.1. The van der Waals surface area contributed by atoms with E-state index in [9.17, 15) is 79.8 Å². The van der Waals surface area contributed by atoms with E-state index in [1.807, 2.05) is 0 Å². The maximum absolute atomic E-state index is 15.1. The Hall–Kier alpha value is -7.20. The molecule has 498 valence electrons. The molecule has 0 saturated carbocycles. The minimum absolute atomic E-state index is 0. The second-order valence-electron chi connectivity index (χ2n) is 20.3. The van der Waals surface area contributed by atoms with E-state index in [4.69, 9.17) is 14.9 Å². The zero-order valence-electron chi connectivity index (χ0n) is 49.8. The molecule has 0 aliphatic carbocycles. The average molecular weight is 1420 g/mol. The first-order valence-corrected chi connectivity index (χ1v) is 28.2. The Morgan fingerprint density at radius 2 is 0.798 bits per heavy atom. The fraction of sp³-hybridized carbons (Fsp3) is 0.254. The number of hydrogen-bond acceptors (Lipinski definition) is 7. The van der Waals surface area contributed by atoms with Crippen LogP contribution in [0.5, 0.6) is 11.5 Å². The Kier molecular flexibility index (Phi) is 29.1. The van der Waals surface area contributed by atoms with Crippen molar-refractivity contribution in [1.29, 1.82) is 0 Å². The second kappa shape index (κ2) is 34.5. The summed E-state index contributed by atoms with van der Waals surface area (Å²) in [6, 6.07) is 37.4. The van der Waals surface area contributed by atoms with Crippen LogP contribution in [-0.4, -0.2) is 63.1 Å². The van der Waals surface area contributed by atoms with Gasteiger partial charge in [0.25, 0.3) is 0 Å². The molecule has 0 aromatic heterocycles. The van der Waals surface area contributed by atoms with E-state index >= 15 is 8.78 Å². The molecule has 0 radical (unpaired) electrons. The number of aliphatic hydroxyl groups is 1. The summed E-state index contributed by atoms with van der Waals surface area (Å²) in [5.74, 6) is -9.31. The third-order valence-electron chi connectivity index (χ3n) is 14.2. The Morgan fingerprint density at radius 1 is 0.457 bits per heavy atom. The van der Waals surface area contributed by atoms with E-state index in [-0.39, 0.29) is 60.1 Å². The van der Waals surface area contributed by atoms with Crippen LogP contribution < -0.4 is 44.1 Å². The maximum Gasteiger partial charge on any atom is 1.00 e. The Morgan fingerprint density at radius 3 is 1.11 bits per heavy atom. The second-order valence-corrected chi connectivity index (χ2v) is 20.9. The third-order valence-corrected chi connectivity index (χ3v) is 14.8. The summed E-state index contributed by atoms with van der Waals surface area (Å²) in [4.78, 5) is 27.5. The molecule has 0 fully saturated rings. The first-order chi connectivity index (χ1) is 43.8. The molecule has 0 aliphatic rings. The molecule has 0 saturated heterocycles. The number of rotatable bonds is 23. The predicted molar refractivity (Wildman–Crippen MR) is 309 cm³/mol. The quantitative estimate of drug-likeness (QED) is 0.0294. The minimum atomic E-state index is -5.12. The van der Waals surface area contributed by atoms with E-state index in [1.54, 1.807) is 109 Å². The molecular formula is C67H54BrF18NaO7. The Bertz CT molecular complexity index is 3730. The van der Waals surface area contributed by atoms with Crippen molar-refractivity contribution in [2.75, 3.05) is 21.3 Å². The number of halogens is 19. The topological polar surface area (TPSA) is 105 Å². The SMILES string of the molecule is CO.COCc1ccc([C@](CC(=O)c2ccc(F)c(C(F)(F)F)c2)(Cc2ccccc2)c2cc(F)cc(OC(F)(F)C(F)F)c2)cc1.C[O-].O=C(C[C@](Cc1ccccc1)(c1ccc(CBr)cc1)c1cc(F)cc(OC(F)(F)C(F)F)c1)c1ccc(F)c(C(F)(F)F)c1.[Na+]. The van der Waals surface area contributed by atoms with E-state index in [2.05, 4.69) is 25.4 Å². The van der Waals surface area contributed by atoms with Crippen molar-refractivity contribution < 1.29 is 143 Å². The number of benzene rings is 8. The van der Waals surface area contributed by atoms with Crippen molar-refractivity contribution >= 4 is 27.5 Å². The van der Waals surface area contributed by atoms with Gasteiger partial charge in [0.1, 0.15) is 34.8 Å². The van der Waals surface area contributed by atoms with Gasteiger partial charge in [-0.05, 0) is 118 Å². The van der Waals surface area contributed by atoms with Crippen LogP contribution in [-0.2, 0) is 52.7 Å². The van der Waals surface area contributed by atoms with Crippen LogP contribution in [0.1, 0.15) is 89.2 Å².